The van der Waals surface area contributed by atoms with Crippen molar-refractivity contribution < 1.29 is 28.2 Å². The second-order valence-electron chi connectivity index (χ2n) is 9.67. The summed E-state index contributed by atoms with van der Waals surface area (Å²) in [6.45, 7) is 11.3. The fourth-order valence-electron chi connectivity index (χ4n) is 5.76. The maximum Gasteiger partial charge on any atom is 0.303 e. The van der Waals surface area contributed by atoms with Crippen LogP contribution in [0.2, 0.25) is 0 Å². The first-order chi connectivity index (χ1) is 14.0. The van der Waals surface area contributed by atoms with Gasteiger partial charge in [-0.3, -0.25) is 9.59 Å². The van der Waals surface area contributed by atoms with E-state index in [0.29, 0.717) is 12.8 Å². The zero-order valence-corrected chi connectivity index (χ0v) is 18.7. The summed E-state index contributed by atoms with van der Waals surface area (Å²) in [6, 6.07) is 0. The molecule has 0 spiro atoms. The van der Waals surface area contributed by atoms with E-state index in [1.807, 2.05) is 13.0 Å². The molecule has 0 bridgehead atoms. The molecule has 1 saturated heterocycles. The molecule has 30 heavy (non-hydrogen) atoms. The van der Waals surface area contributed by atoms with Gasteiger partial charge >= 0.3 is 11.9 Å². The van der Waals surface area contributed by atoms with Gasteiger partial charge in [-0.05, 0) is 57.2 Å². The molecule has 1 aliphatic heterocycles. The Morgan fingerprint density at radius 1 is 1.13 bits per heavy atom. The van der Waals surface area contributed by atoms with Crippen molar-refractivity contribution in [3.63, 3.8) is 0 Å². The highest BCUT2D eigenvalue weighted by Crippen LogP contribution is 2.61. The normalized spacial score (nSPS) is 39.5. The molecule has 6 nitrogen and oxygen atoms in total. The number of rotatable bonds is 2. The Labute approximate surface area is 177 Å². The largest absolute Gasteiger partial charge is 0.464 e. The van der Waals surface area contributed by atoms with Crippen molar-refractivity contribution in [2.75, 3.05) is 0 Å². The van der Waals surface area contributed by atoms with Gasteiger partial charge in [0.25, 0.3) is 0 Å². The first kappa shape index (κ1) is 21.2. The van der Waals surface area contributed by atoms with E-state index in [2.05, 4.69) is 20.8 Å². The van der Waals surface area contributed by atoms with Crippen molar-refractivity contribution >= 4 is 18.0 Å². The average molecular weight is 417 g/mol. The van der Waals surface area contributed by atoms with Crippen molar-refractivity contribution in [2.24, 2.45) is 11.3 Å². The third-order valence-electron chi connectivity index (χ3n) is 7.60. The van der Waals surface area contributed by atoms with Crippen LogP contribution in [0.1, 0.15) is 70.8 Å². The van der Waals surface area contributed by atoms with Crippen molar-refractivity contribution in [1.29, 1.82) is 0 Å². The Morgan fingerprint density at radius 3 is 2.50 bits per heavy atom. The Kier molecular flexibility index (Phi) is 5.12. The lowest BCUT2D eigenvalue weighted by Gasteiger charge is -2.48. The smallest absolute Gasteiger partial charge is 0.303 e. The summed E-state index contributed by atoms with van der Waals surface area (Å²) in [4.78, 5) is 23.7. The van der Waals surface area contributed by atoms with Crippen molar-refractivity contribution in [1.82, 2.24) is 0 Å². The van der Waals surface area contributed by atoms with Crippen LogP contribution in [0.15, 0.2) is 16.3 Å². The number of carbonyl (C=O) groups is 2. The van der Waals surface area contributed by atoms with Gasteiger partial charge in [-0.15, -0.1) is 0 Å². The lowest BCUT2D eigenvalue weighted by atomic mass is 9.57. The predicted molar refractivity (Wildman–Crippen MR) is 111 cm³/mol. The molecule has 6 atom stereocenters. The molecular weight excluding hydrogens is 384 g/mol. The lowest BCUT2D eigenvalue weighted by molar-refractivity contribution is -0.161. The van der Waals surface area contributed by atoms with Gasteiger partial charge in [0.1, 0.15) is 18.0 Å². The molecule has 1 saturated carbocycles. The molecule has 0 unspecified atom stereocenters. The van der Waals surface area contributed by atoms with Crippen LogP contribution in [-0.4, -0.2) is 35.9 Å². The molecule has 3 aliphatic rings. The highest BCUT2D eigenvalue weighted by molar-refractivity contribution is 5.67. The van der Waals surface area contributed by atoms with E-state index in [4.69, 9.17) is 18.6 Å². The van der Waals surface area contributed by atoms with Crippen LogP contribution >= 0.6 is 0 Å². The van der Waals surface area contributed by atoms with Crippen molar-refractivity contribution in [3.8, 4) is 0 Å². The molecule has 1 aromatic heterocycles. The molecule has 0 amide bonds. The first-order valence-electron chi connectivity index (χ1n) is 10.8. The quantitative estimate of drug-likeness (QED) is 0.526. The minimum atomic E-state index is -0.347. The average Bonchev–Trinajstić information content (AvgIpc) is 3.18. The molecule has 0 aromatic carbocycles. The lowest BCUT2D eigenvalue weighted by Crippen LogP contribution is -2.53. The number of hydrogen-bond acceptors (Lipinski definition) is 6. The second kappa shape index (κ2) is 7.26. The molecule has 2 fully saturated rings. The summed E-state index contributed by atoms with van der Waals surface area (Å²) in [6.07, 6.45) is 6.20. The Hall–Kier alpha value is -2.08. The van der Waals surface area contributed by atoms with E-state index >= 15 is 0 Å². The number of furan rings is 1. The third-order valence-corrected chi connectivity index (χ3v) is 7.60. The summed E-state index contributed by atoms with van der Waals surface area (Å²) in [7, 11) is 0. The molecule has 4 rings (SSSR count). The fraction of sp³-hybridized carbons (Fsp3) is 0.667. The Morgan fingerprint density at radius 2 is 1.83 bits per heavy atom. The van der Waals surface area contributed by atoms with Gasteiger partial charge in [0, 0.05) is 37.2 Å². The van der Waals surface area contributed by atoms with E-state index in [1.54, 1.807) is 6.26 Å². The van der Waals surface area contributed by atoms with Crippen LogP contribution in [0.4, 0.5) is 0 Å². The Bertz CT molecular complexity index is 898. The number of epoxide rings is 1. The number of ether oxygens (including phenoxy) is 3. The van der Waals surface area contributed by atoms with Crippen LogP contribution in [0.5, 0.6) is 0 Å². The SMILES string of the molecule is CC(=O)O[C@H]1CC[C@@]2(C)[C@@H](OC(C)=O)C[C@@H]3O[C@]3(C)[C@@H]2Cc2c(C)coc2/C=C\1C. The summed E-state index contributed by atoms with van der Waals surface area (Å²) >= 11 is 0. The van der Waals surface area contributed by atoms with Gasteiger partial charge in [-0.2, -0.15) is 0 Å². The van der Waals surface area contributed by atoms with Gasteiger partial charge in [0.05, 0.1) is 18.0 Å². The van der Waals surface area contributed by atoms with Gasteiger partial charge in [0.2, 0.25) is 0 Å². The summed E-state index contributed by atoms with van der Waals surface area (Å²) < 4.78 is 23.6. The molecule has 0 N–H and O–H groups in total. The maximum atomic E-state index is 11.9. The van der Waals surface area contributed by atoms with E-state index in [-0.39, 0.29) is 47.2 Å². The van der Waals surface area contributed by atoms with Crippen molar-refractivity contribution in [3.05, 3.63) is 28.7 Å². The third kappa shape index (κ3) is 3.49. The van der Waals surface area contributed by atoms with Crippen LogP contribution in [0.25, 0.3) is 6.08 Å². The van der Waals surface area contributed by atoms with Gasteiger partial charge in [0.15, 0.2) is 0 Å². The van der Waals surface area contributed by atoms with E-state index in [0.717, 1.165) is 35.3 Å². The first-order valence-corrected chi connectivity index (χ1v) is 10.8. The molecule has 164 valence electrons. The minimum Gasteiger partial charge on any atom is -0.464 e. The zero-order chi connectivity index (χ0) is 21.8. The number of fused-ring (bicyclic) bond motifs is 4. The number of esters is 2. The van der Waals surface area contributed by atoms with E-state index in [9.17, 15) is 9.59 Å². The fourth-order valence-corrected chi connectivity index (χ4v) is 5.76. The number of hydrogen-bond donors (Lipinski definition) is 0. The summed E-state index contributed by atoms with van der Waals surface area (Å²) in [5.41, 5.74) is 2.63. The molecule has 0 radical (unpaired) electrons. The monoisotopic (exact) mass is 416 g/mol. The summed E-state index contributed by atoms with van der Waals surface area (Å²) in [5, 5.41) is 0. The van der Waals surface area contributed by atoms with Crippen LogP contribution in [0, 0.1) is 18.3 Å². The standard InChI is InChI=1S/C24H32O6/c1-13-9-19-17(14(2)12-27-19)10-20-23(5,8-7-18(13)28-15(3)25)21(29-16(4)26)11-22-24(20,6)30-22/h9,12,18,20-22H,7-8,10-11H2,1-6H3/b13-9-/t18-,20+,21-,22-,23+,24+/m0/s1. The highest BCUT2D eigenvalue weighted by Gasteiger charge is 2.69. The predicted octanol–water partition coefficient (Wildman–Crippen LogP) is 4.37. The van der Waals surface area contributed by atoms with E-state index < -0.39 is 0 Å². The second-order valence-corrected chi connectivity index (χ2v) is 9.67. The molecule has 2 aliphatic carbocycles. The van der Waals surface area contributed by atoms with Crippen LogP contribution in [-0.2, 0) is 30.2 Å². The molecule has 6 heteroatoms. The molecular formula is C24H32O6. The van der Waals surface area contributed by atoms with Gasteiger partial charge in [-0.1, -0.05) is 6.92 Å². The number of aryl methyl sites for hydroxylation is 1. The topological polar surface area (TPSA) is 78.3 Å². The minimum absolute atomic E-state index is 0.0973. The van der Waals surface area contributed by atoms with Crippen molar-refractivity contribution in [2.45, 2.75) is 91.1 Å². The van der Waals surface area contributed by atoms with Crippen LogP contribution < -0.4 is 0 Å². The summed E-state index contributed by atoms with van der Waals surface area (Å²) in [5.74, 6) is 0.379. The molecule has 1 aromatic rings. The van der Waals surface area contributed by atoms with Gasteiger partial charge in [-0.25, -0.2) is 0 Å². The van der Waals surface area contributed by atoms with Crippen LogP contribution in [0.3, 0.4) is 0 Å². The maximum absolute atomic E-state index is 11.9. The van der Waals surface area contributed by atoms with E-state index in [1.165, 1.54) is 13.8 Å². The molecule has 2 heterocycles. The highest BCUT2D eigenvalue weighted by atomic mass is 16.6. The zero-order valence-electron chi connectivity index (χ0n) is 18.7. The van der Waals surface area contributed by atoms with Gasteiger partial charge < -0.3 is 18.6 Å². The number of carbonyl (C=O) groups excluding carboxylic acids is 2. The Balaban J connectivity index is 1.81.